The summed E-state index contributed by atoms with van der Waals surface area (Å²) in [5.41, 5.74) is 0. The second-order valence-corrected chi connectivity index (χ2v) is 4.31. The zero-order valence-electron chi connectivity index (χ0n) is 9.23. The lowest BCUT2D eigenvalue weighted by molar-refractivity contribution is -0.138. The van der Waals surface area contributed by atoms with E-state index >= 15 is 0 Å². The minimum absolute atomic E-state index is 0.0255. The number of amides is 1. The summed E-state index contributed by atoms with van der Waals surface area (Å²) in [4.78, 5) is 21.7. The highest BCUT2D eigenvalue weighted by molar-refractivity contribution is 8.00. The largest absolute Gasteiger partial charge is 0.481 e. The molecule has 0 aliphatic heterocycles. The number of rotatable bonds is 8. The molecule has 0 aliphatic rings. The third kappa shape index (κ3) is 8.12. The molecule has 0 radical (unpaired) electrons. The van der Waals surface area contributed by atoms with Gasteiger partial charge in [-0.1, -0.05) is 13.3 Å². The van der Waals surface area contributed by atoms with Crippen LogP contribution in [0.15, 0.2) is 0 Å². The number of nitriles is 1. The minimum atomic E-state index is -0.847. The van der Waals surface area contributed by atoms with Crippen LogP contribution in [-0.2, 0) is 9.59 Å². The van der Waals surface area contributed by atoms with Gasteiger partial charge in [-0.15, -0.1) is 11.8 Å². The molecule has 90 valence electrons. The maximum absolute atomic E-state index is 11.2. The molecule has 16 heavy (non-hydrogen) atoms. The summed E-state index contributed by atoms with van der Waals surface area (Å²) < 4.78 is 0. The molecular formula is C10H16N2O3S. The predicted octanol–water partition coefficient (Wildman–Crippen LogP) is 0.860. The molecule has 0 saturated carbocycles. The van der Waals surface area contributed by atoms with Crippen LogP contribution in [0.5, 0.6) is 0 Å². The Morgan fingerprint density at radius 1 is 1.56 bits per heavy atom. The van der Waals surface area contributed by atoms with Crippen molar-refractivity contribution in [2.75, 3.05) is 18.1 Å². The number of aliphatic carboxylic acids is 1. The summed E-state index contributed by atoms with van der Waals surface area (Å²) in [7, 11) is 0. The van der Waals surface area contributed by atoms with Gasteiger partial charge in [0.05, 0.1) is 17.6 Å². The summed E-state index contributed by atoms with van der Waals surface area (Å²) in [6, 6.07) is 1.93. The molecular weight excluding hydrogens is 228 g/mol. The maximum Gasteiger partial charge on any atom is 0.303 e. The Balaban J connectivity index is 3.71. The van der Waals surface area contributed by atoms with Crippen LogP contribution in [-0.4, -0.2) is 35.0 Å². The van der Waals surface area contributed by atoms with Crippen molar-refractivity contribution >= 4 is 23.6 Å². The second kappa shape index (κ2) is 9.04. The van der Waals surface area contributed by atoms with Gasteiger partial charge >= 0.3 is 5.97 Å². The number of hydrogen-bond donors (Lipinski definition) is 2. The molecule has 0 aromatic carbocycles. The first-order valence-corrected chi connectivity index (χ1v) is 6.18. The number of nitrogens with zero attached hydrogens (tertiary/aromatic N) is 1. The van der Waals surface area contributed by atoms with Crippen molar-refractivity contribution in [3.8, 4) is 6.07 Å². The maximum atomic E-state index is 11.2. The van der Waals surface area contributed by atoms with Gasteiger partial charge in [-0.05, 0) is 5.92 Å². The Labute approximate surface area is 99.2 Å². The number of carboxylic acid groups (broad SMARTS) is 1. The molecule has 1 unspecified atom stereocenters. The fourth-order valence-electron chi connectivity index (χ4n) is 1.11. The van der Waals surface area contributed by atoms with Crippen LogP contribution < -0.4 is 5.32 Å². The van der Waals surface area contributed by atoms with Crippen molar-refractivity contribution in [3.63, 3.8) is 0 Å². The van der Waals surface area contributed by atoms with Gasteiger partial charge in [0, 0.05) is 13.0 Å². The SMILES string of the molecule is CCC(CNC(=O)CSCC#N)CC(=O)O. The van der Waals surface area contributed by atoms with Gasteiger partial charge in [0.25, 0.3) is 0 Å². The molecule has 2 N–H and O–H groups in total. The summed E-state index contributed by atoms with van der Waals surface area (Å²) in [5.74, 6) is -0.483. The average Bonchev–Trinajstić information content (AvgIpc) is 2.24. The molecule has 5 nitrogen and oxygen atoms in total. The molecule has 6 heteroatoms. The zero-order valence-corrected chi connectivity index (χ0v) is 10.0. The summed E-state index contributed by atoms with van der Waals surface area (Å²) in [5, 5.41) is 19.5. The summed E-state index contributed by atoms with van der Waals surface area (Å²) in [6.45, 7) is 2.28. The fourth-order valence-corrected chi connectivity index (χ4v) is 1.59. The second-order valence-electron chi connectivity index (χ2n) is 3.33. The van der Waals surface area contributed by atoms with Gasteiger partial charge in [0.15, 0.2) is 0 Å². The molecule has 0 rings (SSSR count). The van der Waals surface area contributed by atoms with E-state index < -0.39 is 5.97 Å². The quantitative estimate of drug-likeness (QED) is 0.618. The third-order valence-electron chi connectivity index (χ3n) is 2.03. The van der Waals surface area contributed by atoms with Crippen molar-refractivity contribution < 1.29 is 14.7 Å². The van der Waals surface area contributed by atoms with Gasteiger partial charge in [-0.3, -0.25) is 9.59 Å². The van der Waals surface area contributed by atoms with Crippen molar-refractivity contribution in [2.45, 2.75) is 19.8 Å². The molecule has 1 atom stereocenters. The molecule has 0 heterocycles. The van der Waals surface area contributed by atoms with Crippen molar-refractivity contribution in [3.05, 3.63) is 0 Å². The highest BCUT2D eigenvalue weighted by Crippen LogP contribution is 2.06. The van der Waals surface area contributed by atoms with Crippen LogP contribution in [0.3, 0.4) is 0 Å². The molecule has 0 saturated heterocycles. The predicted molar refractivity (Wildman–Crippen MR) is 62.0 cm³/mol. The monoisotopic (exact) mass is 244 g/mol. The molecule has 0 aliphatic carbocycles. The van der Waals surface area contributed by atoms with E-state index in [0.29, 0.717) is 12.3 Å². The van der Waals surface area contributed by atoms with Crippen molar-refractivity contribution in [1.29, 1.82) is 5.26 Å². The number of nitrogens with one attached hydrogen (secondary N) is 1. The highest BCUT2D eigenvalue weighted by atomic mass is 32.2. The van der Waals surface area contributed by atoms with E-state index in [4.69, 9.17) is 10.4 Å². The molecule has 0 aromatic heterocycles. The molecule has 0 spiro atoms. The molecule has 0 bridgehead atoms. The van der Waals surface area contributed by atoms with Crippen LogP contribution in [0, 0.1) is 17.2 Å². The van der Waals surface area contributed by atoms with Gasteiger partial charge in [0.2, 0.25) is 5.91 Å². The Morgan fingerprint density at radius 3 is 2.75 bits per heavy atom. The van der Waals surface area contributed by atoms with E-state index in [-0.39, 0.29) is 24.0 Å². The van der Waals surface area contributed by atoms with Gasteiger partial charge in [-0.2, -0.15) is 5.26 Å². The minimum Gasteiger partial charge on any atom is -0.481 e. The van der Waals surface area contributed by atoms with Crippen molar-refractivity contribution in [2.24, 2.45) is 5.92 Å². The first kappa shape index (κ1) is 14.8. The lowest BCUT2D eigenvalue weighted by Crippen LogP contribution is -2.31. The van der Waals surface area contributed by atoms with Crippen LogP contribution in [0.4, 0.5) is 0 Å². The van der Waals surface area contributed by atoms with Gasteiger partial charge in [0.1, 0.15) is 0 Å². The highest BCUT2D eigenvalue weighted by Gasteiger charge is 2.12. The Morgan fingerprint density at radius 2 is 2.25 bits per heavy atom. The van der Waals surface area contributed by atoms with E-state index in [1.165, 1.54) is 11.8 Å². The molecule has 1 amide bonds. The Kier molecular flexibility index (Phi) is 8.35. The number of carbonyl (C=O) groups is 2. The number of carbonyl (C=O) groups excluding carboxylic acids is 1. The van der Waals surface area contributed by atoms with Crippen LogP contribution >= 0.6 is 11.8 Å². The van der Waals surface area contributed by atoms with Crippen LogP contribution in [0.1, 0.15) is 19.8 Å². The van der Waals surface area contributed by atoms with Crippen LogP contribution in [0.2, 0.25) is 0 Å². The molecule has 0 fully saturated rings. The van der Waals surface area contributed by atoms with E-state index in [1.807, 2.05) is 13.0 Å². The first-order chi connectivity index (χ1) is 7.60. The normalized spacial score (nSPS) is 11.5. The third-order valence-corrected chi connectivity index (χ3v) is 2.83. The van der Waals surface area contributed by atoms with Gasteiger partial charge < -0.3 is 10.4 Å². The van der Waals surface area contributed by atoms with E-state index in [2.05, 4.69) is 5.32 Å². The Hall–Kier alpha value is -1.22. The number of hydrogen-bond acceptors (Lipinski definition) is 4. The summed E-state index contributed by atoms with van der Waals surface area (Å²) >= 11 is 1.25. The van der Waals surface area contributed by atoms with E-state index in [1.54, 1.807) is 0 Å². The van der Waals surface area contributed by atoms with E-state index in [9.17, 15) is 9.59 Å². The average molecular weight is 244 g/mol. The fraction of sp³-hybridized carbons (Fsp3) is 0.700. The summed E-state index contributed by atoms with van der Waals surface area (Å²) in [6.07, 6.45) is 0.792. The first-order valence-electron chi connectivity index (χ1n) is 5.03. The lowest BCUT2D eigenvalue weighted by atomic mass is 10.0. The van der Waals surface area contributed by atoms with E-state index in [0.717, 1.165) is 6.42 Å². The number of carboxylic acids is 1. The smallest absolute Gasteiger partial charge is 0.303 e. The zero-order chi connectivity index (χ0) is 12.4. The Bertz CT molecular complexity index is 276. The van der Waals surface area contributed by atoms with Gasteiger partial charge in [-0.25, -0.2) is 0 Å². The molecule has 0 aromatic rings. The lowest BCUT2D eigenvalue weighted by Gasteiger charge is -2.12. The van der Waals surface area contributed by atoms with Crippen LogP contribution in [0.25, 0.3) is 0 Å². The van der Waals surface area contributed by atoms with Crippen molar-refractivity contribution in [1.82, 2.24) is 5.32 Å². The standard InChI is InChI=1S/C10H16N2O3S/c1-2-8(5-10(14)15)6-12-9(13)7-16-4-3-11/h8H,2,4-7H2,1H3,(H,12,13)(H,14,15). The topological polar surface area (TPSA) is 90.2 Å². The number of thioether (sulfide) groups is 1.